The van der Waals surface area contributed by atoms with Crippen LogP contribution in [0.1, 0.15) is 18.9 Å². The molecular weight excluding hydrogens is 287 g/mol. The summed E-state index contributed by atoms with van der Waals surface area (Å²) in [7, 11) is 0. The maximum Gasteiger partial charge on any atom is 0.471 e. The van der Waals surface area contributed by atoms with E-state index in [2.05, 4.69) is 5.32 Å². The van der Waals surface area contributed by atoms with Crippen molar-refractivity contribution >= 4 is 17.5 Å². The first kappa shape index (κ1) is 17.0. The summed E-state index contributed by atoms with van der Waals surface area (Å²) < 4.78 is 36.4. The van der Waals surface area contributed by atoms with Gasteiger partial charge in [0.15, 0.2) is 0 Å². The van der Waals surface area contributed by atoms with E-state index in [0.717, 1.165) is 0 Å². The number of carbonyl (C=O) groups is 2. The minimum Gasteiger partial charge on any atom is -0.370 e. The minimum absolute atomic E-state index is 0.0548. The Balaban J connectivity index is 2.60. The molecule has 0 aliphatic carbocycles. The van der Waals surface area contributed by atoms with Gasteiger partial charge in [-0.1, -0.05) is 12.1 Å². The van der Waals surface area contributed by atoms with Gasteiger partial charge < -0.3 is 16.4 Å². The van der Waals surface area contributed by atoms with Crippen LogP contribution in [0.2, 0.25) is 0 Å². The molecule has 0 fully saturated rings. The molecule has 21 heavy (non-hydrogen) atoms. The maximum atomic E-state index is 12.1. The van der Waals surface area contributed by atoms with Gasteiger partial charge in [0.25, 0.3) is 0 Å². The van der Waals surface area contributed by atoms with Crippen molar-refractivity contribution in [3.05, 3.63) is 29.8 Å². The van der Waals surface area contributed by atoms with Gasteiger partial charge in [0.2, 0.25) is 5.91 Å². The Bertz CT molecular complexity index is 518. The van der Waals surface area contributed by atoms with Crippen molar-refractivity contribution in [2.45, 2.75) is 32.1 Å². The Morgan fingerprint density at radius 3 is 2.57 bits per heavy atom. The summed E-state index contributed by atoms with van der Waals surface area (Å²) in [6.45, 7) is 2.10. The number of amides is 2. The van der Waals surface area contributed by atoms with Gasteiger partial charge in [-0.25, -0.2) is 0 Å². The fourth-order valence-corrected chi connectivity index (χ4v) is 1.63. The van der Waals surface area contributed by atoms with E-state index in [1.54, 1.807) is 18.3 Å². The van der Waals surface area contributed by atoms with Crippen molar-refractivity contribution in [3.63, 3.8) is 0 Å². The van der Waals surface area contributed by atoms with Crippen LogP contribution in [-0.2, 0) is 16.1 Å². The second-order valence-corrected chi connectivity index (χ2v) is 4.60. The molecule has 1 rings (SSSR count). The number of rotatable bonds is 6. The second kappa shape index (κ2) is 7.07. The van der Waals surface area contributed by atoms with Gasteiger partial charge in [0, 0.05) is 24.7 Å². The van der Waals surface area contributed by atoms with Crippen molar-refractivity contribution in [1.29, 1.82) is 0 Å². The normalized spacial score (nSPS) is 12.8. The third-order valence-electron chi connectivity index (χ3n) is 2.60. The third-order valence-corrected chi connectivity index (χ3v) is 2.60. The largest absolute Gasteiger partial charge is 0.471 e. The summed E-state index contributed by atoms with van der Waals surface area (Å²) in [6, 6.07) is 5.85. The van der Waals surface area contributed by atoms with Gasteiger partial charge in [0.1, 0.15) is 0 Å². The zero-order valence-corrected chi connectivity index (χ0v) is 11.3. The highest BCUT2D eigenvalue weighted by molar-refractivity contribution is 5.94. The van der Waals surface area contributed by atoms with E-state index in [-0.39, 0.29) is 18.2 Å². The van der Waals surface area contributed by atoms with Gasteiger partial charge in [-0.2, -0.15) is 13.2 Å². The Kier molecular flexibility index (Phi) is 5.71. The number of nitrogens with one attached hydrogen (secondary N) is 2. The lowest BCUT2D eigenvalue weighted by molar-refractivity contribution is -0.167. The lowest BCUT2D eigenvalue weighted by Gasteiger charge is -2.13. The highest BCUT2D eigenvalue weighted by atomic mass is 19.4. The zero-order chi connectivity index (χ0) is 16.0. The first-order valence-corrected chi connectivity index (χ1v) is 6.17. The Morgan fingerprint density at radius 2 is 2.00 bits per heavy atom. The predicted octanol–water partition coefficient (Wildman–Crippen LogP) is 1.54. The zero-order valence-electron chi connectivity index (χ0n) is 11.3. The van der Waals surface area contributed by atoms with Crippen LogP contribution in [0.3, 0.4) is 0 Å². The summed E-state index contributed by atoms with van der Waals surface area (Å²) >= 11 is 0. The van der Waals surface area contributed by atoms with Crippen LogP contribution in [0.15, 0.2) is 24.3 Å². The van der Waals surface area contributed by atoms with Crippen molar-refractivity contribution in [2.24, 2.45) is 5.73 Å². The lowest BCUT2D eigenvalue weighted by Crippen LogP contribution is -2.31. The third kappa shape index (κ3) is 6.26. The van der Waals surface area contributed by atoms with Crippen molar-refractivity contribution < 1.29 is 22.8 Å². The van der Waals surface area contributed by atoms with E-state index in [9.17, 15) is 22.8 Å². The first-order valence-electron chi connectivity index (χ1n) is 6.17. The van der Waals surface area contributed by atoms with Gasteiger partial charge >= 0.3 is 12.1 Å². The van der Waals surface area contributed by atoms with Crippen molar-refractivity contribution in [1.82, 2.24) is 5.32 Å². The molecule has 8 heteroatoms. The van der Waals surface area contributed by atoms with Crippen molar-refractivity contribution in [3.8, 4) is 0 Å². The summed E-state index contributed by atoms with van der Waals surface area (Å²) in [4.78, 5) is 21.5. The molecule has 0 aliphatic rings. The summed E-state index contributed by atoms with van der Waals surface area (Å²) in [5.41, 5.74) is 5.78. The molecule has 1 aromatic rings. The molecule has 1 aromatic carbocycles. The molecule has 0 spiro atoms. The molecule has 0 aliphatic heterocycles. The fourth-order valence-electron chi connectivity index (χ4n) is 1.63. The number of hydrogen-bond donors (Lipinski definition) is 3. The average Bonchev–Trinajstić information content (AvgIpc) is 2.35. The van der Waals surface area contributed by atoms with E-state index in [1.165, 1.54) is 18.2 Å². The van der Waals surface area contributed by atoms with E-state index < -0.39 is 18.0 Å². The summed E-state index contributed by atoms with van der Waals surface area (Å²) in [5.74, 6) is -2.46. The number of primary amides is 1. The lowest BCUT2D eigenvalue weighted by atomic mass is 10.1. The molecule has 0 aromatic heterocycles. The van der Waals surface area contributed by atoms with Crippen LogP contribution in [-0.4, -0.2) is 24.0 Å². The highest BCUT2D eigenvalue weighted by Gasteiger charge is 2.38. The van der Waals surface area contributed by atoms with Crippen LogP contribution in [0.5, 0.6) is 0 Å². The van der Waals surface area contributed by atoms with E-state index in [0.29, 0.717) is 12.1 Å². The van der Waals surface area contributed by atoms with Crippen LogP contribution < -0.4 is 16.4 Å². The Labute approximate surface area is 119 Å². The molecule has 2 amide bonds. The number of hydrogen-bond acceptors (Lipinski definition) is 3. The van der Waals surface area contributed by atoms with E-state index in [1.807, 2.05) is 0 Å². The smallest absolute Gasteiger partial charge is 0.370 e. The number of carbonyl (C=O) groups excluding carboxylic acids is 2. The quantitative estimate of drug-likeness (QED) is 0.745. The molecular formula is C13H16F3N3O2. The maximum absolute atomic E-state index is 12.1. The van der Waals surface area contributed by atoms with Crippen LogP contribution in [0.4, 0.5) is 18.9 Å². The standard InChI is InChI=1S/C13H16F3N3O2/c1-8(5-11(17)20)18-7-9-3-2-4-10(6-9)19-12(21)13(14,15)16/h2-4,6,8,18H,5,7H2,1H3,(H2,17,20)(H,19,21). The molecule has 1 unspecified atom stereocenters. The fraction of sp³-hybridized carbons (Fsp3) is 0.385. The summed E-state index contributed by atoms with van der Waals surface area (Å²) in [5, 5.41) is 4.78. The number of alkyl halides is 3. The van der Waals surface area contributed by atoms with E-state index >= 15 is 0 Å². The number of benzene rings is 1. The van der Waals surface area contributed by atoms with E-state index in [4.69, 9.17) is 5.73 Å². The SMILES string of the molecule is CC(CC(N)=O)NCc1cccc(NC(=O)C(F)(F)F)c1. The Morgan fingerprint density at radius 1 is 1.33 bits per heavy atom. The van der Waals surface area contributed by atoms with Crippen LogP contribution in [0, 0.1) is 0 Å². The molecule has 0 radical (unpaired) electrons. The molecule has 1 atom stereocenters. The number of anilines is 1. The molecule has 0 bridgehead atoms. The van der Waals surface area contributed by atoms with Crippen LogP contribution >= 0.6 is 0 Å². The molecule has 0 saturated heterocycles. The van der Waals surface area contributed by atoms with Crippen molar-refractivity contribution in [2.75, 3.05) is 5.32 Å². The number of halogens is 3. The molecule has 0 heterocycles. The van der Waals surface area contributed by atoms with Gasteiger partial charge in [0.05, 0.1) is 0 Å². The number of nitrogens with two attached hydrogens (primary N) is 1. The minimum atomic E-state index is -4.93. The highest BCUT2D eigenvalue weighted by Crippen LogP contribution is 2.18. The van der Waals surface area contributed by atoms with Gasteiger partial charge in [-0.3, -0.25) is 9.59 Å². The topological polar surface area (TPSA) is 84.2 Å². The second-order valence-electron chi connectivity index (χ2n) is 4.60. The average molecular weight is 303 g/mol. The molecule has 116 valence electrons. The first-order chi connectivity index (χ1) is 9.68. The monoisotopic (exact) mass is 303 g/mol. The molecule has 4 N–H and O–H groups in total. The Hall–Kier alpha value is -2.09. The molecule has 0 saturated carbocycles. The van der Waals surface area contributed by atoms with Gasteiger partial charge in [-0.05, 0) is 24.6 Å². The molecule has 5 nitrogen and oxygen atoms in total. The summed E-state index contributed by atoms with van der Waals surface area (Å²) in [6.07, 6.45) is -4.77. The predicted molar refractivity (Wildman–Crippen MR) is 71.2 cm³/mol. The van der Waals surface area contributed by atoms with Gasteiger partial charge in [-0.15, -0.1) is 0 Å². The van der Waals surface area contributed by atoms with Crippen LogP contribution in [0.25, 0.3) is 0 Å².